The van der Waals surface area contributed by atoms with Gasteiger partial charge in [-0.05, 0) is 39.5 Å². The van der Waals surface area contributed by atoms with Crippen molar-refractivity contribution in [2.24, 2.45) is 0 Å². The van der Waals surface area contributed by atoms with E-state index in [0.29, 0.717) is 12.3 Å². The zero-order chi connectivity index (χ0) is 14.8. The van der Waals surface area contributed by atoms with Crippen molar-refractivity contribution in [1.82, 2.24) is 9.97 Å². The van der Waals surface area contributed by atoms with Crippen molar-refractivity contribution in [2.75, 3.05) is 24.3 Å². The lowest BCUT2D eigenvalue weighted by atomic mass is 9.94. The van der Waals surface area contributed by atoms with Gasteiger partial charge in [-0.25, -0.2) is 9.97 Å². The number of hydrogen-bond donors (Lipinski definition) is 3. The topological polar surface area (TPSA) is 70.1 Å². The smallest absolute Gasteiger partial charge is 0.136 e. The summed E-state index contributed by atoms with van der Waals surface area (Å²) in [6.45, 7) is 6.45. The van der Waals surface area contributed by atoms with Crippen LogP contribution in [0.25, 0.3) is 0 Å². The van der Waals surface area contributed by atoms with Crippen LogP contribution in [-0.4, -0.2) is 34.3 Å². The van der Waals surface area contributed by atoms with Gasteiger partial charge in [-0.15, -0.1) is 0 Å². The third-order valence-corrected chi connectivity index (χ3v) is 4.21. The van der Waals surface area contributed by atoms with Gasteiger partial charge in [0.15, 0.2) is 0 Å². The molecule has 1 aliphatic rings. The summed E-state index contributed by atoms with van der Waals surface area (Å²) in [4.78, 5) is 9.32. The van der Waals surface area contributed by atoms with Crippen LogP contribution < -0.4 is 10.6 Å². The van der Waals surface area contributed by atoms with Crippen LogP contribution in [0.2, 0.25) is 0 Å². The molecular formula is C15H26N4O. The lowest BCUT2D eigenvalue weighted by Crippen LogP contribution is -2.36. The Morgan fingerprint density at radius 2 is 1.95 bits per heavy atom. The van der Waals surface area contributed by atoms with Crippen LogP contribution in [0.1, 0.15) is 56.8 Å². The molecule has 0 spiro atoms. The van der Waals surface area contributed by atoms with Crippen molar-refractivity contribution < 1.29 is 5.11 Å². The van der Waals surface area contributed by atoms with E-state index in [-0.39, 0.29) is 12.1 Å². The predicted octanol–water partition coefficient (Wildman–Crippen LogP) is 2.67. The number of hydrogen-bond acceptors (Lipinski definition) is 5. The first kappa shape index (κ1) is 15.0. The van der Waals surface area contributed by atoms with Crippen LogP contribution in [0, 0.1) is 6.92 Å². The van der Waals surface area contributed by atoms with Crippen LogP contribution in [-0.2, 0) is 0 Å². The summed E-state index contributed by atoms with van der Waals surface area (Å²) < 4.78 is 0. The highest BCUT2D eigenvalue weighted by Crippen LogP contribution is 2.40. The molecule has 1 fully saturated rings. The van der Waals surface area contributed by atoms with Gasteiger partial charge in [0, 0.05) is 30.7 Å². The SMILES string of the molecule is CCC(C)(CCO)Nc1nc(C2CC2)nc(NC)c1C. The van der Waals surface area contributed by atoms with Gasteiger partial charge in [-0.3, -0.25) is 0 Å². The molecule has 1 heterocycles. The number of nitrogens with one attached hydrogen (secondary N) is 2. The zero-order valence-electron chi connectivity index (χ0n) is 13.0. The van der Waals surface area contributed by atoms with E-state index in [1.807, 2.05) is 14.0 Å². The van der Waals surface area contributed by atoms with E-state index in [0.717, 1.165) is 29.4 Å². The molecule has 0 aromatic carbocycles. The van der Waals surface area contributed by atoms with Gasteiger partial charge in [-0.1, -0.05) is 6.92 Å². The summed E-state index contributed by atoms with van der Waals surface area (Å²) in [6.07, 6.45) is 4.02. The fourth-order valence-electron chi connectivity index (χ4n) is 2.28. The van der Waals surface area contributed by atoms with Crippen LogP contribution >= 0.6 is 0 Å². The summed E-state index contributed by atoms with van der Waals surface area (Å²) in [6, 6.07) is 0. The second kappa shape index (κ2) is 5.95. The molecule has 1 saturated carbocycles. The lowest BCUT2D eigenvalue weighted by molar-refractivity contribution is 0.251. The average Bonchev–Trinajstić information content (AvgIpc) is 3.26. The van der Waals surface area contributed by atoms with Crippen molar-refractivity contribution in [3.63, 3.8) is 0 Å². The molecule has 0 radical (unpaired) electrons. The molecule has 0 amide bonds. The first-order chi connectivity index (χ1) is 9.53. The maximum Gasteiger partial charge on any atom is 0.136 e. The van der Waals surface area contributed by atoms with Gasteiger partial charge in [-0.2, -0.15) is 0 Å². The van der Waals surface area contributed by atoms with Crippen LogP contribution in [0.3, 0.4) is 0 Å². The highest BCUT2D eigenvalue weighted by molar-refractivity contribution is 5.58. The van der Waals surface area contributed by atoms with Crippen molar-refractivity contribution in [3.05, 3.63) is 11.4 Å². The largest absolute Gasteiger partial charge is 0.396 e. The minimum absolute atomic E-state index is 0.139. The molecule has 2 rings (SSSR count). The fraction of sp³-hybridized carbons (Fsp3) is 0.733. The molecule has 112 valence electrons. The van der Waals surface area contributed by atoms with E-state index >= 15 is 0 Å². The maximum absolute atomic E-state index is 9.25. The fourth-order valence-corrected chi connectivity index (χ4v) is 2.28. The van der Waals surface area contributed by atoms with Gasteiger partial charge in [0.1, 0.15) is 17.5 Å². The van der Waals surface area contributed by atoms with Crippen LogP contribution in [0.15, 0.2) is 0 Å². The van der Waals surface area contributed by atoms with Crippen molar-refractivity contribution in [2.45, 2.75) is 57.9 Å². The number of aliphatic hydroxyl groups is 1. The Balaban J connectivity index is 2.31. The van der Waals surface area contributed by atoms with E-state index in [1.54, 1.807) is 0 Å². The molecule has 0 bridgehead atoms. The average molecular weight is 278 g/mol. The quantitative estimate of drug-likeness (QED) is 0.715. The molecule has 0 saturated heterocycles. The standard InChI is InChI=1S/C15H26N4O/c1-5-15(3,8-9-20)19-13-10(2)12(16-4)17-14(18-13)11-6-7-11/h11,20H,5-9H2,1-4H3,(H2,16,17,18,19). The molecule has 0 aliphatic heterocycles. The van der Waals surface area contributed by atoms with Gasteiger partial charge >= 0.3 is 0 Å². The molecule has 1 unspecified atom stereocenters. The summed E-state index contributed by atoms with van der Waals surface area (Å²) >= 11 is 0. The highest BCUT2D eigenvalue weighted by Gasteiger charge is 2.29. The summed E-state index contributed by atoms with van der Waals surface area (Å²) in [5, 5.41) is 15.9. The molecule has 1 aromatic heterocycles. The van der Waals surface area contributed by atoms with E-state index < -0.39 is 0 Å². The van der Waals surface area contributed by atoms with Crippen LogP contribution in [0.4, 0.5) is 11.6 Å². The summed E-state index contributed by atoms with van der Waals surface area (Å²) in [5.74, 6) is 3.25. The molecule has 3 N–H and O–H groups in total. The molecular weight excluding hydrogens is 252 g/mol. The van der Waals surface area contributed by atoms with Gasteiger partial charge in [0.2, 0.25) is 0 Å². The van der Waals surface area contributed by atoms with E-state index in [9.17, 15) is 5.11 Å². The minimum atomic E-state index is -0.139. The normalized spacial score (nSPS) is 17.6. The van der Waals surface area contributed by atoms with E-state index in [4.69, 9.17) is 4.98 Å². The highest BCUT2D eigenvalue weighted by atomic mass is 16.3. The number of aliphatic hydroxyl groups excluding tert-OH is 1. The molecule has 20 heavy (non-hydrogen) atoms. The number of rotatable bonds is 7. The predicted molar refractivity (Wildman–Crippen MR) is 82.3 cm³/mol. The number of nitrogens with zero attached hydrogens (tertiary/aromatic N) is 2. The molecule has 1 atom stereocenters. The van der Waals surface area contributed by atoms with Crippen molar-refractivity contribution in [3.8, 4) is 0 Å². The van der Waals surface area contributed by atoms with E-state index in [2.05, 4.69) is 29.5 Å². The Hall–Kier alpha value is -1.36. The Morgan fingerprint density at radius 3 is 2.45 bits per heavy atom. The molecule has 1 aromatic rings. The van der Waals surface area contributed by atoms with Crippen LogP contribution in [0.5, 0.6) is 0 Å². The molecule has 5 heteroatoms. The van der Waals surface area contributed by atoms with Gasteiger partial charge in [0.25, 0.3) is 0 Å². The first-order valence-corrected chi connectivity index (χ1v) is 7.48. The first-order valence-electron chi connectivity index (χ1n) is 7.48. The minimum Gasteiger partial charge on any atom is -0.396 e. The number of aromatic nitrogens is 2. The second-order valence-electron chi connectivity index (χ2n) is 5.94. The van der Waals surface area contributed by atoms with E-state index in [1.165, 1.54) is 12.8 Å². The molecule has 1 aliphatic carbocycles. The lowest BCUT2D eigenvalue weighted by Gasteiger charge is -2.30. The maximum atomic E-state index is 9.25. The van der Waals surface area contributed by atoms with Crippen molar-refractivity contribution >= 4 is 11.6 Å². The Morgan fingerprint density at radius 1 is 1.30 bits per heavy atom. The van der Waals surface area contributed by atoms with Crippen molar-refractivity contribution in [1.29, 1.82) is 0 Å². The Labute approximate surface area is 121 Å². The number of anilines is 2. The van der Waals surface area contributed by atoms with Gasteiger partial charge in [0.05, 0.1) is 0 Å². The summed E-state index contributed by atoms with van der Waals surface area (Å²) in [5.41, 5.74) is 0.897. The summed E-state index contributed by atoms with van der Waals surface area (Å²) in [7, 11) is 1.89. The third-order valence-electron chi connectivity index (χ3n) is 4.21. The molecule has 5 nitrogen and oxygen atoms in total. The second-order valence-corrected chi connectivity index (χ2v) is 5.94. The monoisotopic (exact) mass is 278 g/mol. The van der Waals surface area contributed by atoms with Gasteiger partial charge < -0.3 is 15.7 Å². The Bertz CT molecular complexity index is 473. The Kier molecular flexibility index (Phi) is 4.48. The zero-order valence-corrected chi connectivity index (χ0v) is 13.0. The third kappa shape index (κ3) is 3.20.